The van der Waals surface area contributed by atoms with Gasteiger partial charge >= 0.3 is 6.09 Å². The summed E-state index contributed by atoms with van der Waals surface area (Å²) in [4.78, 5) is 15.7. The number of ether oxygens (including phenoxy) is 2. The Morgan fingerprint density at radius 3 is 2.39 bits per heavy atom. The highest BCUT2D eigenvalue weighted by atomic mass is 16.6. The second-order valence-electron chi connectivity index (χ2n) is 14.8. The van der Waals surface area contributed by atoms with E-state index >= 15 is 0 Å². The van der Waals surface area contributed by atoms with E-state index in [9.17, 15) is 9.90 Å². The molecule has 0 radical (unpaired) electrons. The molecule has 1 heterocycles. The third kappa shape index (κ3) is 7.27. The Morgan fingerprint density at radius 2 is 1.82 bits per heavy atom. The molecule has 242 valence electrons. The molecule has 5 aliphatic rings. The standard InChI is InChI=1S/C37H55N3O4/c1-8-10-15-38-32-20-29-19-30(43-7)13-14-31(29)33(40(32)35(42)44-36(4,5)6)24(3)11-12-28(9-2)34(41)39-37-21-25-16-26(22-37)18-27(17-25)23-37/h9,11-14,19,25-27,32-34,38-39,41H,3,8,10,15-18,20-23H2,1-2,4-7H3/b12-11-,28-9+/t25?,26?,27?,32-,33+,34?,37?/m1/s1. The number of fused-ring (bicyclic) bond motifs is 1. The van der Waals surface area contributed by atoms with E-state index in [1.165, 1.54) is 38.5 Å². The Bertz CT molecular complexity index is 1230. The molecule has 3 atom stereocenters. The number of nitrogens with one attached hydrogen (secondary N) is 2. The molecule has 1 amide bonds. The monoisotopic (exact) mass is 605 g/mol. The molecule has 1 aromatic rings. The molecule has 0 saturated heterocycles. The first-order chi connectivity index (χ1) is 20.9. The maximum Gasteiger partial charge on any atom is 0.412 e. The molecule has 0 spiro atoms. The fraction of sp³-hybridized carbons (Fsp3) is 0.649. The van der Waals surface area contributed by atoms with E-state index in [0.717, 1.165) is 65.2 Å². The lowest BCUT2D eigenvalue weighted by Gasteiger charge is -2.57. The van der Waals surface area contributed by atoms with Crippen LogP contribution in [0.3, 0.4) is 0 Å². The number of benzene rings is 1. The molecule has 4 saturated carbocycles. The molecule has 44 heavy (non-hydrogen) atoms. The van der Waals surface area contributed by atoms with E-state index in [1.807, 2.05) is 63.0 Å². The summed E-state index contributed by atoms with van der Waals surface area (Å²) < 4.78 is 11.5. The molecule has 4 bridgehead atoms. The van der Waals surface area contributed by atoms with Crippen LogP contribution in [0.15, 0.2) is 54.2 Å². The minimum atomic E-state index is -0.756. The van der Waals surface area contributed by atoms with Crippen molar-refractivity contribution in [3.63, 3.8) is 0 Å². The van der Waals surface area contributed by atoms with Gasteiger partial charge in [-0.05, 0) is 131 Å². The lowest BCUT2D eigenvalue weighted by molar-refractivity contribution is -0.0412. The van der Waals surface area contributed by atoms with Crippen molar-refractivity contribution in [1.82, 2.24) is 15.5 Å². The lowest BCUT2D eigenvalue weighted by Crippen LogP contribution is -2.61. The molecule has 4 aliphatic carbocycles. The second-order valence-corrected chi connectivity index (χ2v) is 14.8. The Kier molecular flexibility index (Phi) is 9.98. The topological polar surface area (TPSA) is 83.1 Å². The van der Waals surface area contributed by atoms with Gasteiger partial charge in [-0.2, -0.15) is 0 Å². The summed E-state index contributed by atoms with van der Waals surface area (Å²) >= 11 is 0. The second kappa shape index (κ2) is 13.4. The van der Waals surface area contributed by atoms with Gasteiger partial charge in [0, 0.05) is 12.0 Å². The molecule has 0 aromatic heterocycles. The minimum Gasteiger partial charge on any atom is -0.497 e. The van der Waals surface area contributed by atoms with Crippen molar-refractivity contribution in [2.45, 2.75) is 122 Å². The molecular formula is C37H55N3O4. The zero-order valence-electron chi connectivity index (χ0n) is 27.8. The van der Waals surface area contributed by atoms with Gasteiger partial charge in [0.1, 0.15) is 17.6 Å². The highest BCUT2D eigenvalue weighted by molar-refractivity contribution is 5.71. The molecule has 1 aliphatic heterocycles. The number of aliphatic hydroxyl groups excluding tert-OH is 1. The van der Waals surface area contributed by atoms with Gasteiger partial charge in [-0.25, -0.2) is 4.79 Å². The Hall–Kier alpha value is -2.61. The van der Waals surface area contributed by atoms with Crippen molar-refractivity contribution in [2.24, 2.45) is 17.8 Å². The smallest absolute Gasteiger partial charge is 0.412 e. The van der Waals surface area contributed by atoms with E-state index in [2.05, 4.69) is 30.2 Å². The first kappa shape index (κ1) is 32.8. The van der Waals surface area contributed by atoms with Crippen LogP contribution in [0.5, 0.6) is 5.75 Å². The molecular weight excluding hydrogens is 550 g/mol. The number of hydrogen-bond acceptors (Lipinski definition) is 6. The maximum absolute atomic E-state index is 13.9. The zero-order chi connectivity index (χ0) is 31.6. The predicted molar refractivity (Wildman–Crippen MR) is 176 cm³/mol. The largest absolute Gasteiger partial charge is 0.497 e. The number of amides is 1. The maximum atomic E-state index is 13.9. The normalized spacial score (nSPS) is 30.4. The van der Waals surface area contributed by atoms with E-state index in [0.29, 0.717) is 6.42 Å². The predicted octanol–water partition coefficient (Wildman–Crippen LogP) is 7.18. The van der Waals surface area contributed by atoms with Gasteiger partial charge in [0.05, 0.1) is 19.3 Å². The summed E-state index contributed by atoms with van der Waals surface area (Å²) in [5, 5.41) is 18.8. The van der Waals surface area contributed by atoms with E-state index in [4.69, 9.17) is 9.47 Å². The van der Waals surface area contributed by atoms with Crippen molar-refractivity contribution in [1.29, 1.82) is 0 Å². The average molecular weight is 606 g/mol. The van der Waals surface area contributed by atoms with Gasteiger partial charge in [-0.3, -0.25) is 15.5 Å². The molecule has 1 unspecified atom stereocenters. The third-order valence-corrected chi connectivity index (χ3v) is 10.2. The first-order valence-electron chi connectivity index (χ1n) is 16.8. The number of aliphatic hydroxyl groups is 1. The van der Waals surface area contributed by atoms with Gasteiger partial charge in [0.25, 0.3) is 0 Å². The van der Waals surface area contributed by atoms with Crippen LogP contribution < -0.4 is 15.4 Å². The number of unbranched alkanes of at least 4 members (excludes halogenated alkanes) is 1. The summed E-state index contributed by atoms with van der Waals surface area (Å²) in [6, 6.07) is 5.60. The van der Waals surface area contributed by atoms with Crippen LogP contribution >= 0.6 is 0 Å². The van der Waals surface area contributed by atoms with Crippen molar-refractivity contribution in [3.05, 3.63) is 65.3 Å². The van der Waals surface area contributed by atoms with Crippen LogP contribution in [0.2, 0.25) is 0 Å². The van der Waals surface area contributed by atoms with Crippen molar-refractivity contribution in [3.8, 4) is 5.75 Å². The number of carbonyl (C=O) groups is 1. The Balaban J connectivity index is 1.41. The Labute approximate surface area is 265 Å². The van der Waals surface area contributed by atoms with Crippen LogP contribution in [0, 0.1) is 17.8 Å². The number of allylic oxidation sites excluding steroid dienone is 1. The average Bonchev–Trinajstić information content (AvgIpc) is 2.94. The molecule has 6 rings (SSSR count). The number of methoxy groups -OCH3 is 1. The zero-order valence-corrected chi connectivity index (χ0v) is 27.8. The highest BCUT2D eigenvalue weighted by Gasteiger charge is 2.51. The summed E-state index contributed by atoms with van der Waals surface area (Å²) in [5.41, 5.74) is 3.10. The molecule has 1 aromatic carbocycles. The van der Waals surface area contributed by atoms with Crippen molar-refractivity contribution in [2.75, 3.05) is 13.7 Å². The lowest BCUT2D eigenvalue weighted by atomic mass is 9.53. The van der Waals surface area contributed by atoms with Gasteiger partial charge in [-0.1, -0.05) is 44.2 Å². The van der Waals surface area contributed by atoms with Crippen LogP contribution in [0.4, 0.5) is 4.79 Å². The molecule has 7 heteroatoms. The van der Waals surface area contributed by atoms with Crippen LogP contribution in [-0.4, -0.2) is 53.3 Å². The molecule has 4 fully saturated rings. The number of rotatable bonds is 11. The fourth-order valence-corrected chi connectivity index (χ4v) is 8.63. The SMILES string of the molecule is C=C(/C=C\C(=C/C)C(O)NC12CC3CC(CC(C3)C1)C2)[C@H]1c2ccc(OC)cc2C[C@H](NCCCC)N1C(=O)OC(C)(C)C. The number of hydrogen-bond donors (Lipinski definition) is 3. The van der Waals surface area contributed by atoms with Gasteiger partial charge < -0.3 is 14.6 Å². The highest BCUT2D eigenvalue weighted by Crippen LogP contribution is 2.55. The quantitative estimate of drug-likeness (QED) is 0.141. The summed E-state index contributed by atoms with van der Waals surface area (Å²) in [6.45, 7) is 15.1. The van der Waals surface area contributed by atoms with Crippen LogP contribution in [0.25, 0.3) is 0 Å². The fourth-order valence-electron chi connectivity index (χ4n) is 8.63. The summed E-state index contributed by atoms with van der Waals surface area (Å²) in [5.74, 6) is 3.19. The van der Waals surface area contributed by atoms with E-state index < -0.39 is 17.9 Å². The van der Waals surface area contributed by atoms with Crippen molar-refractivity contribution < 1.29 is 19.4 Å². The van der Waals surface area contributed by atoms with Crippen LogP contribution in [-0.2, 0) is 11.2 Å². The molecule has 3 N–H and O–H groups in total. The van der Waals surface area contributed by atoms with E-state index in [-0.39, 0.29) is 17.8 Å². The van der Waals surface area contributed by atoms with Gasteiger partial charge in [-0.15, -0.1) is 0 Å². The van der Waals surface area contributed by atoms with Gasteiger partial charge in [0.2, 0.25) is 0 Å². The Morgan fingerprint density at radius 1 is 1.16 bits per heavy atom. The van der Waals surface area contributed by atoms with Gasteiger partial charge in [0.15, 0.2) is 0 Å². The summed E-state index contributed by atoms with van der Waals surface area (Å²) in [6.07, 6.45) is 14.8. The number of nitrogens with zero attached hydrogens (tertiary/aromatic N) is 1. The van der Waals surface area contributed by atoms with Crippen LogP contribution in [0.1, 0.15) is 103 Å². The summed E-state index contributed by atoms with van der Waals surface area (Å²) in [7, 11) is 1.68. The third-order valence-electron chi connectivity index (χ3n) is 10.2. The molecule has 7 nitrogen and oxygen atoms in total. The minimum absolute atomic E-state index is 0.0412. The van der Waals surface area contributed by atoms with E-state index in [1.54, 1.807) is 7.11 Å². The number of carbonyl (C=O) groups excluding carboxylic acids is 1. The van der Waals surface area contributed by atoms with Crippen molar-refractivity contribution >= 4 is 6.09 Å². The first-order valence-corrected chi connectivity index (χ1v) is 16.8.